The van der Waals surface area contributed by atoms with Crippen molar-refractivity contribution in [2.75, 3.05) is 5.32 Å². The quantitative estimate of drug-likeness (QED) is 0.574. The van der Waals surface area contributed by atoms with Crippen LogP contribution >= 0.6 is 0 Å². The molecule has 0 atom stereocenters. The highest BCUT2D eigenvalue weighted by atomic mass is 16.3. The van der Waals surface area contributed by atoms with E-state index in [1.807, 2.05) is 0 Å². The Hall–Kier alpha value is -2.89. The maximum atomic E-state index is 11.6. The van der Waals surface area contributed by atoms with Crippen LogP contribution in [0.1, 0.15) is 5.56 Å². The van der Waals surface area contributed by atoms with Gasteiger partial charge in [-0.3, -0.25) is 14.6 Å². The number of para-hydroxylation sites is 2. The summed E-state index contributed by atoms with van der Waals surface area (Å²) in [5.74, 6) is -1.71. The van der Waals surface area contributed by atoms with E-state index in [0.717, 1.165) is 5.56 Å². The second-order valence-corrected chi connectivity index (χ2v) is 4.02. The number of nitrogens with zero attached hydrogens (tertiary/aromatic N) is 1. The van der Waals surface area contributed by atoms with E-state index in [1.165, 1.54) is 12.1 Å². The van der Waals surface area contributed by atoms with Gasteiger partial charge in [-0.15, -0.1) is 0 Å². The number of anilines is 1. The van der Waals surface area contributed by atoms with Crippen LogP contribution < -0.4 is 10.6 Å². The molecule has 0 spiro atoms. The maximum Gasteiger partial charge on any atom is 0.313 e. The van der Waals surface area contributed by atoms with E-state index in [-0.39, 0.29) is 18.0 Å². The van der Waals surface area contributed by atoms with Gasteiger partial charge >= 0.3 is 11.8 Å². The molecule has 0 saturated heterocycles. The van der Waals surface area contributed by atoms with Crippen molar-refractivity contribution in [2.45, 2.75) is 6.54 Å². The number of aromatic nitrogens is 1. The monoisotopic (exact) mass is 271 g/mol. The van der Waals surface area contributed by atoms with E-state index < -0.39 is 11.8 Å². The number of carbonyl (C=O) groups is 2. The highest BCUT2D eigenvalue weighted by molar-refractivity contribution is 6.39. The van der Waals surface area contributed by atoms with Crippen molar-refractivity contribution in [2.24, 2.45) is 0 Å². The largest absolute Gasteiger partial charge is 0.506 e. The van der Waals surface area contributed by atoms with Crippen molar-refractivity contribution < 1.29 is 14.7 Å². The highest BCUT2D eigenvalue weighted by Crippen LogP contribution is 2.21. The minimum absolute atomic E-state index is 0.0964. The molecular weight excluding hydrogens is 258 g/mol. The van der Waals surface area contributed by atoms with Gasteiger partial charge in [0.2, 0.25) is 0 Å². The lowest BCUT2D eigenvalue weighted by molar-refractivity contribution is -0.136. The lowest BCUT2D eigenvalue weighted by Gasteiger charge is -2.07. The van der Waals surface area contributed by atoms with Crippen LogP contribution in [0, 0.1) is 0 Å². The maximum absolute atomic E-state index is 11.6. The predicted molar refractivity (Wildman–Crippen MR) is 72.8 cm³/mol. The number of phenolic OH excluding ortho intramolecular Hbond substituents is 1. The van der Waals surface area contributed by atoms with Gasteiger partial charge in [-0.25, -0.2) is 0 Å². The summed E-state index contributed by atoms with van der Waals surface area (Å²) in [6, 6.07) is 9.71. The van der Waals surface area contributed by atoms with Crippen LogP contribution in [0.5, 0.6) is 5.75 Å². The van der Waals surface area contributed by atoms with E-state index in [1.54, 1.807) is 36.7 Å². The van der Waals surface area contributed by atoms with E-state index in [4.69, 9.17) is 0 Å². The molecule has 2 amide bonds. The van der Waals surface area contributed by atoms with Crippen LogP contribution in [0.2, 0.25) is 0 Å². The molecule has 0 radical (unpaired) electrons. The summed E-state index contributed by atoms with van der Waals surface area (Å²) in [4.78, 5) is 27.1. The van der Waals surface area contributed by atoms with Crippen LogP contribution in [0.3, 0.4) is 0 Å². The first-order valence-electron chi connectivity index (χ1n) is 5.93. The second-order valence-electron chi connectivity index (χ2n) is 4.02. The molecule has 2 aromatic rings. The first-order chi connectivity index (χ1) is 9.66. The van der Waals surface area contributed by atoms with Crippen LogP contribution in [0.4, 0.5) is 5.69 Å². The van der Waals surface area contributed by atoms with Crippen molar-refractivity contribution in [3.63, 3.8) is 0 Å². The number of carbonyl (C=O) groups excluding carboxylic acids is 2. The van der Waals surface area contributed by atoms with Crippen molar-refractivity contribution >= 4 is 17.5 Å². The third-order valence-corrected chi connectivity index (χ3v) is 2.53. The molecule has 1 aromatic heterocycles. The molecule has 0 saturated carbocycles. The summed E-state index contributed by atoms with van der Waals surface area (Å²) in [6.07, 6.45) is 3.22. The number of pyridine rings is 1. The summed E-state index contributed by atoms with van der Waals surface area (Å²) in [5.41, 5.74) is 0.977. The summed E-state index contributed by atoms with van der Waals surface area (Å²) in [5, 5.41) is 14.3. The number of nitrogens with one attached hydrogen (secondary N) is 2. The standard InChI is InChI=1S/C14H13N3O3/c18-12-6-2-1-5-11(12)17-14(20)13(19)16-9-10-4-3-7-15-8-10/h1-8,18H,9H2,(H,16,19)(H,17,20). The minimum atomic E-state index is -0.838. The number of benzene rings is 1. The van der Waals surface area contributed by atoms with E-state index in [0.29, 0.717) is 0 Å². The molecule has 0 aliphatic carbocycles. The third kappa shape index (κ3) is 3.55. The average molecular weight is 271 g/mol. The zero-order valence-electron chi connectivity index (χ0n) is 10.5. The van der Waals surface area contributed by atoms with Crippen molar-refractivity contribution in [1.29, 1.82) is 0 Å². The van der Waals surface area contributed by atoms with Gasteiger partial charge in [-0.05, 0) is 23.8 Å². The normalized spacial score (nSPS) is 9.80. The fraction of sp³-hybridized carbons (Fsp3) is 0.0714. The summed E-state index contributed by atoms with van der Waals surface area (Å²) >= 11 is 0. The molecule has 20 heavy (non-hydrogen) atoms. The molecular formula is C14H13N3O3. The molecule has 0 bridgehead atoms. The van der Waals surface area contributed by atoms with Crippen molar-refractivity contribution in [1.82, 2.24) is 10.3 Å². The Balaban J connectivity index is 1.90. The molecule has 0 fully saturated rings. The lowest BCUT2D eigenvalue weighted by Crippen LogP contribution is -2.34. The lowest BCUT2D eigenvalue weighted by atomic mass is 10.3. The van der Waals surface area contributed by atoms with Gasteiger partial charge in [0.05, 0.1) is 5.69 Å². The Morgan fingerprint density at radius 3 is 2.60 bits per heavy atom. The fourth-order valence-electron chi connectivity index (χ4n) is 1.52. The molecule has 1 heterocycles. The first-order valence-corrected chi connectivity index (χ1v) is 5.93. The van der Waals surface area contributed by atoms with Gasteiger partial charge in [-0.2, -0.15) is 0 Å². The number of amides is 2. The molecule has 0 aliphatic heterocycles. The predicted octanol–water partition coefficient (Wildman–Crippen LogP) is 1.04. The number of hydrogen-bond donors (Lipinski definition) is 3. The van der Waals surface area contributed by atoms with Gasteiger partial charge in [0, 0.05) is 18.9 Å². The Morgan fingerprint density at radius 1 is 1.10 bits per heavy atom. The molecule has 1 aromatic carbocycles. The Labute approximate surface area is 115 Å². The molecule has 0 unspecified atom stereocenters. The van der Waals surface area contributed by atoms with Crippen LogP contribution in [-0.4, -0.2) is 21.9 Å². The molecule has 0 aliphatic rings. The van der Waals surface area contributed by atoms with Crippen LogP contribution in [0.25, 0.3) is 0 Å². The first kappa shape index (κ1) is 13.5. The van der Waals surface area contributed by atoms with Crippen LogP contribution in [0.15, 0.2) is 48.8 Å². The van der Waals surface area contributed by atoms with Crippen molar-refractivity contribution in [3.05, 3.63) is 54.4 Å². The van der Waals surface area contributed by atoms with E-state index >= 15 is 0 Å². The average Bonchev–Trinajstić information content (AvgIpc) is 2.48. The van der Waals surface area contributed by atoms with Gasteiger partial charge in [0.25, 0.3) is 0 Å². The van der Waals surface area contributed by atoms with Crippen molar-refractivity contribution in [3.8, 4) is 5.75 Å². The Bertz CT molecular complexity index is 614. The number of phenols is 1. The zero-order valence-corrected chi connectivity index (χ0v) is 10.5. The summed E-state index contributed by atoms with van der Waals surface area (Å²) in [7, 11) is 0. The topological polar surface area (TPSA) is 91.3 Å². The van der Waals surface area contributed by atoms with Gasteiger partial charge < -0.3 is 15.7 Å². The molecule has 6 nitrogen and oxygen atoms in total. The minimum Gasteiger partial charge on any atom is -0.506 e. The number of rotatable bonds is 3. The van der Waals surface area contributed by atoms with Gasteiger partial charge in [0.1, 0.15) is 5.75 Å². The molecule has 2 rings (SSSR count). The fourth-order valence-corrected chi connectivity index (χ4v) is 1.52. The van der Waals surface area contributed by atoms with Gasteiger partial charge in [0.15, 0.2) is 0 Å². The smallest absolute Gasteiger partial charge is 0.313 e. The van der Waals surface area contributed by atoms with Crippen LogP contribution in [-0.2, 0) is 16.1 Å². The van der Waals surface area contributed by atoms with E-state index in [9.17, 15) is 14.7 Å². The van der Waals surface area contributed by atoms with Gasteiger partial charge in [-0.1, -0.05) is 18.2 Å². The number of aromatic hydroxyl groups is 1. The molecule has 3 N–H and O–H groups in total. The SMILES string of the molecule is O=C(NCc1cccnc1)C(=O)Nc1ccccc1O. The molecule has 6 heteroatoms. The Morgan fingerprint density at radius 2 is 1.90 bits per heavy atom. The summed E-state index contributed by atoms with van der Waals surface area (Å²) in [6.45, 7) is 0.209. The zero-order chi connectivity index (χ0) is 14.4. The highest BCUT2D eigenvalue weighted by Gasteiger charge is 2.14. The Kier molecular flexibility index (Phi) is 4.28. The molecule has 102 valence electrons. The van der Waals surface area contributed by atoms with E-state index in [2.05, 4.69) is 15.6 Å². The second kappa shape index (κ2) is 6.33. The third-order valence-electron chi connectivity index (χ3n) is 2.53. The number of hydrogen-bond acceptors (Lipinski definition) is 4. The summed E-state index contributed by atoms with van der Waals surface area (Å²) < 4.78 is 0.